The van der Waals surface area contributed by atoms with Gasteiger partial charge in [0.1, 0.15) is 5.54 Å². The number of ether oxygens (including phenoxy) is 1. The third-order valence-corrected chi connectivity index (χ3v) is 4.51. The van der Waals surface area contributed by atoms with Crippen LogP contribution in [0.2, 0.25) is 0 Å². The summed E-state index contributed by atoms with van der Waals surface area (Å²) in [7, 11) is 0. The van der Waals surface area contributed by atoms with Gasteiger partial charge in [-0.2, -0.15) is 0 Å². The van der Waals surface area contributed by atoms with E-state index in [0.29, 0.717) is 19.7 Å². The zero-order valence-electron chi connectivity index (χ0n) is 14.3. The Morgan fingerprint density at radius 2 is 2.00 bits per heavy atom. The predicted octanol–water partition coefficient (Wildman–Crippen LogP) is 1.61. The summed E-state index contributed by atoms with van der Waals surface area (Å²) >= 11 is 0. The molecule has 1 unspecified atom stereocenters. The number of urea groups is 1. The van der Waals surface area contributed by atoms with Crippen molar-refractivity contribution in [1.29, 1.82) is 0 Å². The maximum absolute atomic E-state index is 12.3. The van der Waals surface area contributed by atoms with Gasteiger partial charge in [-0.1, -0.05) is 30.3 Å². The molecule has 3 rings (SSSR count). The fourth-order valence-corrected chi connectivity index (χ4v) is 3.25. The average molecular weight is 331 g/mol. The molecule has 6 nitrogen and oxygen atoms in total. The van der Waals surface area contributed by atoms with E-state index >= 15 is 0 Å². The van der Waals surface area contributed by atoms with Crippen molar-refractivity contribution in [3.63, 3.8) is 0 Å². The molecule has 1 aromatic rings. The van der Waals surface area contributed by atoms with Crippen LogP contribution in [0.3, 0.4) is 0 Å². The molecule has 6 heteroatoms. The number of hydrogen-bond acceptors (Lipinski definition) is 4. The Balaban J connectivity index is 1.63. The molecule has 1 aromatic carbocycles. The Labute approximate surface area is 142 Å². The van der Waals surface area contributed by atoms with Gasteiger partial charge in [0.2, 0.25) is 0 Å². The van der Waals surface area contributed by atoms with E-state index in [-0.39, 0.29) is 18.0 Å². The quantitative estimate of drug-likeness (QED) is 0.852. The molecule has 3 amide bonds. The number of benzene rings is 1. The van der Waals surface area contributed by atoms with Gasteiger partial charge >= 0.3 is 6.03 Å². The largest absolute Gasteiger partial charge is 0.375 e. The van der Waals surface area contributed by atoms with Crippen molar-refractivity contribution in [2.45, 2.75) is 38.5 Å². The molecule has 2 aliphatic rings. The van der Waals surface area contributed by atoms with Crippen molar-refractivity contribution in [1.82, 2.24) is 15.1 Å². The molecular weight excluding hydrogens is 306 g/mol. The van der Waals surface area contributed by atoms with Crippen molar-refractivity contribution in [3.05, 3.63) is 35.9 Å². The van der Waals surface area contributed by atoms with Gasteiger partial charge in [0.25, 0.3) is 5.91 Å². The van der Waals surface area contributed by atoms with Crippen LogP contribution in [-0.4, -0.2) is 59.6 Å². The maximum Gasteiger partial charge on any atom is 0.325 e. The molecule has 2 fully saturated rings. The lowest BCUT2D eigenvalue weighted by atomic mass is 10.1. The first-order chi connectivity index (χ1) is 11.5. The van der Waals surface area contributed by atoms with Crippen molar-refractivity contribution in [2.24, 2.45) is 0 Å². The van der Waals surface area contributed by atoms with Crippen LogP contribution in [0.1, 0.15) is 25.8 Å². The number of nitrogens with one attached hydrogen (secondary N) is 1. The molecule has 1 N–H and O–H groups in total. The predicted molar refractivity (Wildman–Crippen MR) is 90.4 cm³/mol. The van der Waals surface area contributed by atoms with Crippen LogP contribution in [0.5, 0.6) is 0 Å². The molecule has 24 heavy (non-hydrogen) atoms. The van der Waals surface area contributed by atoms with E-state index in [0.717, 1.165) is 19.5 Å². The van der Waals surface area contributed by atoms with Crippen molar-refractivity contribution < 1.29 is 14.3 Å². The maximum atomic E-state index is 12.3. The number of nitrogens with zero attached hydrogens (tertiary/aromatic N) is 2. The van der Waals surface area contributed by atoms with Gasteiger partial charge in [-0.05, 0) is 25.8 Å². The number of rotatable bonds is 4. The topological polar surface area (TPSA) is 61.9 Å². The second kappa shape index (κ2) is 6.91. The van der Waals surface area contributed by atoms with E-state index in [1.807, 2.05) is 18.2 Å². The summed E-state index contributed by atoms with van der Waals surface area (Å²) in [4.78, 5) is 28.0. The second-order valence-corrected chi connectivity index (χ2v) is 7.04. The van der Waals surface area contributed by atoms with Crippen LogP contribution in [-0.2, 0) is 16.1 Å². The van der Waals surface area contributed by atoms with Gasteiger partial charge in [-0.15, -0.1) is 0 Å². The third-order valence-electron chi connectivity index (χ3n) is 4.51. The number of carbonyl (C=O) groups excluding carboxylic acids is 2. The highest BCUT2D eigenvalue weighted by atomic mass is 16.5. The van der Waals surface area contributed by atoms with E-state index in [1.54, 1.807) is 13.8 Å². The second-order valence-electron chi connectivity index (χ2n) is 7.04. The van der Waals surface area contributed by atoms with Crippen LogP contribution in [0.15, 0.2) is 30.3 Å². The van der Waals surface area contributed by atoms with Gasteiger partial charge in [0.15, 0.2) is 0 Å². The van der Waals surface area contributed by atoms with E-state index in [9.17, 15) is 9.59 Å². The van der Waals surface area contributed by atoms with Crippen LogP contribution in [0.4, 0.5) is 4.79 Å². The summed E-state index contributed by atoms with van der Waals surface area (Å²) < 4.78 is 5.88. The number of amides is 3. The molecule has 1 atom stereocenters. The summed E-state index contributed by atoms with van der Waals surface area (Å²) in [5, 5.41) is 2.72. The van der Waals surface area contributed by atoms with Gasteiger partial charge in [0.05, 0.1) is 12.6 Å². The monoisotopic (exact) mass is 331 g/mol. The summed E-state index contributed by atoms with van der Waals surface area (Å²) in [5.41, 5.74) is 0.431. The lowest BCUT2D eigenvalue weighted by Crippen LogP contribution is -2.44. The lowest BCUT2D eigenvalue weighted by Gasteiger charge is -2.26. The van der Waals surface area contributed by atoms with Crippen LogP contribution in [0, 0.1) is 0 Å². The minimum absolute atomic E-state index is 0.153. The van der Waals surface area contributed by atoms with E-state index in [4.69, 9.17) is 4.74 Å². The Hall–Kier alpha value is -1.92. The first kappa shape index (κ1) is 16.9. The van der Waals surface area contributed by atoms with Gasteiger partial charge in [0, 0.05) is 26.2 Å². The van der Waals surface area contributed by atoms with Crippen LogP contribution < -0.4 is 5.32 Å². The molecule has 2 heterocycles. The molecule has 2 saturated heterocycles. The summed E-state index contributed by atoms with van der Waals surface area (Å²) in [6, 6.07) is 9.98. The highest BCUT2D eigenvalue weighted by Gasteiger charge is 2.45. The van der Waals surface area contributed by atoms with E-state index in [1.165, 1.54) is 10.5 Å². The Bertz CT molecular complexity index is 603. The molecule has 0 aliphatic carbocycles. The van der Waals surface area contributed by atoms with Crippen LogP contribution >= 0.6 is 0 Å². The van der Waals surface area contributed by atoms with E-state index < -0.39 is 5.54 Å². The Morgan fingerprint density at radius 1 is 1.25 bits per heavy atom. The molecule has 130 valence electrons. The normalized spacial score (nSPS) is 24.8. The summed E-state index contributed by atoms with van der Waals surface area (Å²) in [5.74, 6) is -0.185. The lowest BCUT2D eigenvalue weighted by molar-refractivity contribution is -0.131. The highest BCUT2D eigenvalue weighted by molar-refractivity contribution is 6.06. The summed E-state index contributed by atoms with van der Waals surface area (Å²) in [6.07, 6.45) is 0.800. The van der Waals surface area contributed by atoms with Gasteiger partial charge < -0.3 is 10.1 Å². The zero-order valence-corrected chi connectivity index (χ0v) is 14.3. The van der Waals surface area contributed by atoms with Crippen molar-refractivity contribution >= 4 is 11.9 Å². The smallest absolute Gasteiger partial charge is 0.325 e. The average Bonchev–Trinajstić information content (AvgIpc) is 2.71. The molecule has 0 bridgehead atoms. The van der Waals surface area contributed by atoms with Gasteiger partial charge in [-0.25, -0.2) is 4.79 Å². The van der Waals surface area contributed by atoms with Gasteiger partial charge in [-0.3, -0.25) is 14.6 Å². The molecule has 0 aromatic heterocycles. The Morgan fingerprint density at radius 3 is 2.67 bits per heavy atom. The minimum Gasteiger partial charge on any atom is -0.375 e. The summed E-state index contributed by atoms with van der Waals surface area (Å²) in [6.45, 7) is 6.93. The Kier molecular flexibility index (Phi) is 4.87. The standard InChI is InChI=1S/C18H25N3O3/c1-18(2)16(22)21(17(23)19-18)13-15-12-20(9-6-10-24-15)11-14-7-4-3-5-8-14/h3-5,7-8,15H,6,9-13H2,1-2H3,(H,19,23). The number of carbonyl (C=O) groups is 2. The fourth-order valence-electron chi connectivity index (χ4n) is 3.25. The molecule has 0 saturated carbocycles. The molecule has 2 aliphatic heterocycles. The number of hydrogen-bond donors (Lipinski definition) is 1. The molecule has 0 spiro atoms. The zero-order chi connectivity index (χ0) is 17.2. The minimum atomic E-state index is -0.828. The SMILES string of the molecule is CC1(C)NC(=O)N(CC2CN(Cc3ccccc3)CCCO2)C1=O. The first-order valence-corrected chi connectivity index (χ1v) is 8.48. The van der Waals surface area contributed by atoms with Crippen molar-refractivity contribution in [2.75, 3.05) is 26.2 Å². The molecule has 0 radical (unpaired) electrons. The first-order valence-electron chi connectivity index (χ1n) is 8.48. The molecular formula is C18H25N3O3. The van der Waals surface area contributed by atoms with Crippen molar-refractivity contribution in [3.8, 4) is 0 Å². The number of imide groups is 1. The highest BCUT2D eigenvalue weighted by Crippen LogP contribution is 2.19. The fraction of sp³-hybridized carbons (Fsp3) is 0.556. The van der Waals surface area contributed by atoms with E-state index in [2.05, 4.69) is 22.3 Å². The van der Waals surface area contributed by atoms with Crippen LogP contribution in [0.25, 0.3) is 0 Å². The third kappa shape index (κ3) is 3.76.